The van der Waals surface area contributed by atoms with E-state index >= 15 is 0 Å². The molecular formula is C15H21BrN2O2. The molecule has 2 amide bonds. The van der Waals surface area contributed by atoms with Crippen LogP contribution in [0.15, 0.2) is 22.7 Å². The third-order valence-electron chi connectivity index (χ3n) is 2.85. The Morgan fingerprint density at radius 1 is 1.35 bits per heavy atom. The van der Waals surface area contributed by atoms with Crippen molar-refractivity contribution in [3.63, 3.8) is 0 Å². The second-order valence-electron chi connectivity index (χ2n) is 5.36. The quantitative estimate of drug-likeness (QED) is 0.894. The van der Waals surface area contributed by atoms with Gasteiger partial charge in [-0.2, -0.15) is 0 Å². The van der Waals surface area contributed by atoms with Gasteiger partial charge in [-0.25, -0.2) is 0 Å². The molecule has 1 N–H and O–H groups in total. The Morgan fingerprint density at radius 3 is 2.55 bits per heavy atom. The van der Waals surface area contributed by atoms with Crippen molar-refractivity contribution in [2.45, 2.75) is 27.2 Å². The molecule has 0 fully saturated rings. The molecule has 0 saturated carbocycles. The summed E-state index contributed by atoms with van der Waals surface area (Å²) in [5.74, 6) is 0.0967. The van der Waals surface area contributed by atoms with Crippen LogP contribution >= 0.6 is 15.9 Å². The fourth-order valence-electron chi connectivity index (χ4n) is 1.77. The van der Waals surface area contributed by atoms with E-state index in [1.165, 1.54) is 4.90 Å². The Morgan fingerprint density at radius 2 is 2.00 bits per heavy atom. The standard InChI is InChI=1S/C15H21BrN2O2/c1-10(2)7-15(20)18(4)9-14(19)17-13-6-5-12(16)8-11(13)3/h5-6,8,10H,7,9H2,1-4H3,(H,17,19). The van der Waals surface area contributed by atoms with Crippen LogP contribution in [-0.2, 0) is 9.59 Å². The first-order valence-corrected chi connectivity index (χ1v) is 7.39. The van der Waals surface area contributed by atoms with Gasteiger partial charge >= 0.3 is 0 Å². The molecular weight excluding hydrogens is 320 g/mol. The zero-order valence-electron chi connectivity index (χ0n) is 12.4. The van der Waals surface area contributed by atoms with E-state index in [-0.39, 0.29) is 18.4 Å². The van der Waals surface area contributed by atoms with Gasteiger partial charge in [0.05, 0.1) is 6.54 Å². The number of hydrogen-bond acceptors (Lipinski definition) is 2. The van der Waals surface area contributed by atoms with Crippen LogP contribution in [-0.4, -0.2) is 30.3 Å². The minimum Gasteiger partial charge on any atom is -0.336 e. The average Bonchev–Trinajstić information content (AvgIpc) is 2.31. The van der Waals surface area contributed by atoms with E-state index in [0.717, 1.165) is 15.7 Å². The lowest BCUT2D eigenvalue weighted by atomic mass is 10.1. The maximum Gasteiger partial charge on any atom is 0.243 e. The fourth-order valence-corrected chi connectivity index (χ4v) is 2.24. The molecule has 0 unspecified atom stereocenters. The molecule has 5 heteroatoms. The van der Waals surface area contributed by atoms with Gasteiger partial charge in [0.2, 0.25) is 11.8 Å². The molecule has 0 aliphatic heterocycles. The number of likely N-dealkylation sites (N-methyl/N-ethyl adjacent to an activating group) is 1. The molecule has 1 rings (SSSR count). The predicted molar refractivity (Wildman–Crippen MR) is 84.6 cm³/mol. The largest absolute Gasteiger partial charge is 0.336 e. The van der Waals surface area contributed by atoms with Gasteiger partial charge < -0.3 is 10.2 Å². The summed E-state index contributed by atoms with van der Waals surface area (Å²) in [6.45, 7) is 5.96. The summed E-state index contributed by atoms with van der Waals surface area (Å²) in [4.78, 5) is 25.2. The van der Waals surface area contributed by atoms with Crippen LogP contribution < -0.4 is 5.32 Å². The van der Waals surface area contributed by atoms with Crippen molar-refractivity contribution in [3.8, 4) is 0 Å². The van der Waals surface area contributed by atoms with Crippen molar-refractivity contribution in [1.82, 2.24) is 4.90 Å². The Kier molecular flexibility index (Phi) is 6.20. The molecule has 0 heterocycles. The van der Waals surface area contributed by atoms with Crippen LogP contribution in [0.3, 0.4) is 0 Å². The van der Waals surface area contributed by atoms with Crippen molar-refractivity contribution in [2.75, 3.05) is 18.9 Å². The van der Waals surface area contributed by atoms with Crippen LogP contribution in [0.5, 0.6) is 0 Å². The highest BCUT2D eigenvalue weighted by Crippen LogP contribution is 2.19. The molecule has 0 aromatic heterocycles. The van der Waals surface area contributed by atoms with Gasteiger partial charge in [-0.3, -0.25) is 9.59 Å². The monoisotopic (exact) mass is 340 g/mol. The number of anilines is 1. The van der Waals surface area contributed by atoms with E-state index in [1.54, 1.807) is 7.05 Å². The van der Waals surface area contributed by atoms with Gasteiger partial charge in [0.25, 0.3) is 0 Å². The van der Waals surface area contributed by atoms with Gasteiger partial charge in [0, 0.05) is 23.6 Å². The third kappa shape index (κ3) is 5.33. The number of rotatable bonds is 5. The van der Waals surface area contributed by atoms with Crippen LogP contribution in [0, 0.1) is 12.8 Å². The summed E-state index contributed by atoms with van der Waals surface area (Å²) >= 11 is 3.38. The molecule has 110 valence electrons. The predicted octanol–water partition coefficient (Wildman–Crippen LogP) is 3.20. The minimum absolute atomic E-state index is 0.0114. The van der Waals surface area contributed by atoms with E-state index in [0.29, 0.717) is 12.3 Å². The summed E-state index contributed by atoms with van der Waals surface area (Å²) in [5, 5.41) is 2.82. The number of carbonyl (C=O) groups is 2. The summed E-state index contributed by atoms with van der Waals surface area (Å²) in [5.41, 5.74) is 1.74. The first-order valence-electron chi connectivity index (χ1n) is 6.59. The Balaban J connectivity index is 2.57. The van der Waals surface area contributed by atoms with E-state index < -0.39 is 0 Å². The van der Waals surface area contributed by atoms with Crippen molar-refractivity contribution < 1.29 is 9.59 Å². The maximum atomic E-state index is 11.9. The number of hydrogen-bond donors (Lipinski definition) is 1. The third-order valence-corrected chi connectivity index (χ3v) is 3.35. The molecule has 0 aliphatic carbocycles. The van der Waals surface area contributed by atoms with Gasteiger partial charge in [0.1, 0.15) is 0 Å². The zero-order chi connectivity index (χ0) is 15.3. The Bertz CT molecular complexity index is 501. The molecule has 20 heavy (non-hydrogen) atoms. The first-order chi connectivity index (χ1) is 9.29. The second-order valence-corrected chi connectivity index (χ2v) is 6.27. The number of nitrogens with one attached hydrogen (secondary N) is 1. The molecule has 1 aromatic rings. The van der Waals surface area contributed by atoms with Crippen molar-refractivity contribution in [3.05, 3.63) is 28.2 Å². The first kappa shape index (κ1) is 16.7. The van der Waals surface area contributed by atoms with Gasteiger partial charge in [0.15, 0.2) is 0 Å². The van der Waals surface area contributed by atoms with E-state index in [1.807, 2.05) is 39.0 Å². The number of benzene rings is 1. The zero-order valence-corrected chi connectivity index (χ0v) is 14.0. The summed E-state index contributed by atoms with van der Waals surface area (Å²) in [7, 11) is 1.65. The average molecular weight is 341 g/mol. The summed E-state index contributed by atoms with van der Waals surface area (Å²) in [6, 6.07) is 5.65. The lowest BCUT2D eigenvalue weighted by molar-refractivity contribution is -0.133. The molecule has 0 aliphatic rings. The highest BCUT2D eigenvalue weighted by molar-refractivity contribution is 9.10. The highest BCUT2D eigenvalue weighted by Gasteiger charge is 2.14. The molecule has 0 saturated heterocycles. The lowest BCUT2D eigenvalue weighted by Gasteiger charge is -2.18. The maximum absolute atomic E-state index is 11.9. The SMILES string of the molecule is Cc1cc(Br)ccc1NC(=O)CN(C)C(=O)CC(C)C. The molecule has 0 radical (unpaired) electrons. The molecule has 0 spiro atoms. The lowest BCUT2D eigenvalue weighted by Crippen LogP contribution is -2.35. The van der Waals surface area contributed by atoms with Crippen LogP contribution in [0.2, 0.25) is 0 Å². The Hall–Kier alpha value is -1.36. The number of aryl methyl sites for hydroxylation is 1. The van der Waals surface area contributed by atoms with Crippen molar-refractivity contribution in [1.29, 1.82) is 0 Å². The van der Waals surface area contributed by atoms with Crippen LogP contribution in [0.25, 0.3) is 0 Å². The van der Waals surface area contributed by atoms with Crippen LogP contribution in [0.4, 0.5) is 5.69 Å². The van der Waals surface area contributed by atoms with Crippen molar-refractivity contribution in [2.24, 2.45) is 5.92 Å². The van der Waals surface area contributed by atoms with Gasteiger partial charge in [-0.05, 0) is 36.6 Å². The molecule has 0 atom stereocenters. The Labute approximate surface area is 128 Å². The van der Waals surface area contributed by atoms with Crippen molar-refractivity contribution >= 4 is 33.4 Å². The number of amides is 2. The topological polar surface area (TPSA) is 49.4 Å². The summed E-state index contributed by atoms with van der Waals surface area (Å²) in [6.07, 6.45) is 0.459. The number of carbonyl (C=O) groups excluding carboxylic acids is 2. The molecule has 4 nitrogen and oxygen atoms in total. The van der Waals surface area contributed by atoms with Crippen LogP contribution in [0.1, 0.15) is 25.8 Å². The van der Waals surface area contributed by atoms with Gasteiger partial charge in [-0.15, -0.1) is 0 Å². The second kappa shape index (κ2) is 7.43. The van der Waals surface area contributed by atoms with Gasteiger partial charge in [-0.1, -0.05) is 29.8 Å². The number of nitrogens with zero attached hydrogens (tertiary/aromatic N) is 1. The smallest absolute Gasteiger partial charge is 0.243 e. The minimum atomic E-state index is -0.185. The van der Waals surface area contributed by atoms with E-state index in [9.17, 15) is 9.59 Å². The normalized spacial score (nSPS) is 10.5. The highest BCUT2D eigenvalue weighted by atomic mass is 79.9. The molecule has 1 aromatic carbocycles. The number of halogens is 1. The summed E-state index contributed by atoms with van der Waals surface area (Å²) < 4.78 is 0.970. The van der Waals surface area contributed by atoms with E-state index in [2.05, 4.69) is 21.2 Å². The fraction of sp³-hybridized carbons (Fsp3) is 0.467. The van der Waals surface area contributed by atoms with E-state index in [4.69, 9.17) is 0 Å². The molecule has 0 bridgehead atoms.